The number of hydrogen-bond donors (Lipinski definition) is 2. The van der Waals surface area contributed by atoms with Gasteiger partial charge in [-0.25, -0.2) is 23.1 Å². The first-order chi connectivity index (χ1) is 30.0. The Morgan fingerprint density at radius 2 is 1.79 bits per heavy atom. The molecule has 0 bridgehead atoms. The van der Waals surface area contributed by atoms with Crippen LogP contribution in [0.4, 0.5) is 8.78 Å². The first kappa shape index (κ1) is 38.1. The average Bonchev–Trinajstić information content (AvgIpc) is 3.95. The van der Waals surface area contributed by atoms with Crippen molar-refractivity contribution in [2.45, 2.75) is 71.1 Å². The van der Waals surface area contributed by atoms with E-state index in [1.807, 2.05) is 10.6 Å². The molecule has 2 atom stereocenters. The third kappa shape index (κ3) is 5.70. The fourth-order valence-electron chi connectivity index (χ4n) is 10.00. The van der Waals surface area contributed by atoms with Gasteiger partial charge in [0, 0.05) is 66.0 Å². The van der Waals surface area contributed by atoms with Crippen molar-refractivity contribution >= 4 is 27.7 Å². The number of halogens is 2. The number of aryl methyl sites for hydroxylation is 2. The molecule has 1 amide bonds. The van der Waals surface area contributed by atoms with Crippen molar-refractivity contribution in [3.63, 3.8) is 0 Å². The van der Waals surface area contributed by atoms with Crippen LogP contribution in [-0.4, -0.2) is 74.4 Å². The fraction of sp³-hybridized carbons (Fsp3) is 0.333. The minimum absolute atomic E-state index is 0.0176. The molecule has 8 aromatic rings. The van der Waals surface area contributed by atoms with Gasteiger partial charge in [-0.2, -0.15) is 10.2 Å². The van der Waals surface area contributed by atoms with E-state index in [0.717, 1.165) is 23.7 Å². The highest BCUT2D eigenvalue weighted by atomic mass is 19.1. The molecular formula is C45H42F2N10O5. The number of aromatic nitrogens is 9. The number of hydrogen-bond acceptors (Lipinski definition) is 8. The Morgan fingerprint density at radius 1 is 1.02 bits per heavy atom. The molecule has 3 aromatic carbocycles. The molecule has 2 fully saturated rings. The highest BCUT2D eigenvalue weighted by Crippen LogP contribution is 2.56. The van der Waals surface area contributed by atoms with Gasteiger partial charge >= 0.3 is 11.4 Å². The number of nitrogens with one attached hydrogen (secondary N) is 2. The maximum absolute atomic E-state index is 15.3. The summed E-state index contributed by atoms with van der Waals surface area (Å²) in [6.45, 7) is 6.39. The van der Waals surface area contributed by atoms with Crippen LogP contribution in [0.5, 0.6) is 0 Å². The zero-order chi connectivity index (χ0) is 42.6. The van der Waals surface area contributed by atoms with Gasteiger partial charge in [0.15, 0.2) is 5.82 Å². The van der Waals surface area contributed by atoms with Gasteiger partial charge in [0.25, 0.3) is 5.91 Å². The van der Waals surface area contributed by atoms with E-state index in [9.17, 15) is 14.0 Å². The van der Waals surface area contributed by atoms with Crippen LogP contribution in [-0.2, 0) is 29.9 Å². The van der Waals surface area contributed by atoms with E-state index < -0.39 is 23.7 Å². The summed E-state index contributed by atoms with van der Waals surface area (Å²) in [6, 6.07) is 15.0. The van der Waals surface area contributed by atoms with Gasteiger partial charge in [-0.1, -0.05) is 18.1 Å². The van der Waals surface area contributed by atoms with Crippen molar-refractivity contribution in [1.29, 1.82) is 0 Å². The van der Waals surface area contributed by atoms with Crippen LogP contribution in [0.25, 0.3) is 39.0 Å². The van der Waals surface area contributed by atoms with Gasteiger partial charge in [-0.05, 0) is 104 Å². The number of H-pyrrole nitrogens is 2. The number of imidazole rings is 1. The van der Waals surface area contributed by atoms with Gasteiger partial charge in [0.2, 0.25) is 0 Å². The lowest BCUT2D eigenvalue weighted by Gasteiger charge is -2.29. The predicted octanol–water partition coefficient (Wildman–Crippen LogP) is 6.42. The minimum atomic E-state index is -0.831. The molecule has 5 aromatic heterocycles. The summed E-state index contributed by atoms with van der Waals surface area (Å²) < 4.78 is 46.9. The number of aromatic amines is 2. The zero-order valence-corrected chi connectivity index (χ0v) is 34.2. The molecule has 15 nitrogen and oxygen atoms in total. The molecule has 11 rings (SSSR count). The van der Waals surface area contributed by atoms with Crippen molar-refractivity contribution in [1.82, 2.24) is 48.7 Å². The molecule has 0 spiro atoms. The third-order valence-corrected chi connectivity index (χ3v) is 13.3. The first-order valence-corrected chi connectivity index (χ1v) is 20.8. The quantitative estimate of drug-likeness (QED) is 0.177. The van der Waals surface area contributed by atoms with E-state index in [-0.39, 0.29) is 24.2 Å². The van der Waals surface area contributed by atoms with Crippen LogP contribution in [0.15, 0.2) is 81.2 Å². The summed E-state index contributed by atoms with van der Waals surface area (Å²) in [4.78, 5) is 46.8. The van der Waals surface area contributed by atoms with E-state index in [4.69, 9.17) is 14.4 Å². The molecule has 2 aliphatic heterocycles. The number of carbonyl (C=O) groups excluding carboxylic acids is 1. The Labute approximate surface area is 351 Å². The zero-order valence-electron chi connectivity index (χ0n) is 34.2. The van der Waals surface area contributed by atoms with E-state index in [2.05, 4.69) is 45.5 Å². The molecule has 7 heterocycles. The monoisotopic (exact) mass is 840 g/mol. The molecule has 17 heteroatoms. The van der Waals surface area contributed by atoms with E-state index >= 15 is 9.18 Å². The molecule has 316 valence electrons. The summed E-state index contributed by atoms with van der Waals surface area (Å²) in [5.74, 6) is -0.172. The van der Waals surface area contributed by atoms with Crippen LogP contribution in [0.1, 0.15) is 81.9 Å². The second-order valence-corrected chi connectivity index (χ2v) is 16.9. The van der Waals surface area contributed by atoms with Crippen molar-refractivity contribution in [3.05, 3.63) is 139 Å². The van der Waals surface area contributed by atoms with Crippen molar-refractivity contribution in [2.75, 3.05) is 19.8 Å². The predicted molar refractivity (Wildman–Crippen MR) is 224 cm³/mol. The highest BCUT2D eigenvalue weighted by molar-refractivity contribution is 5.99. The lowest BCUT2D eigenvalue weighted by Crippen LogP contribution is -2.39. The number of rotatable bonds is 8. The topological polar surface area (TPSA) is 167 Å². The maximum Gasteiger partial charge on any atom is 0.438 e. The number of benzene rings is 3. The maximum atomic E-state index is 15.3. The smallest absolute Gasteiger partial charge is 0.381 e. The Balaban J connectivity index is 1.05. The largest absolute Gasteiger partial charge is 0.438 e. The Hall–Kier alpha value is -6.88. The average molecular weight is 841 g/mol. The summed E-state index contributed by atoms with van der Waals surface area (Å²) in [5, 5.41) is 17.5. The van der Waals surface area contributed by atoms with Crippen molar-refractivity contribution in [2.24, 2.45) is 5.92 Å². The number of ether oxygens (including phenoxy) is 1. The minimum Gasteiger partial charge on any atom is -0.381 e. The number of nitrogens with zero attached hydrogens (tertiary/aromatic N) is 8. The van der Waals surface area contributed by atoms with Crippen molar-refractivity contribution < 1.29 is 22.8 Å². The van der Waals surface area contributed by atoms with Crippen molar-refractivity contribution in [3.8, 4) is 17.2 Å². The lowest BCUT2D eigenvalue weighted by atomic mass is 9.91. The van der Waals surface area contributed by atoms with Gasteiger partial charge in [0.1, 0.15) is 29.5 Å². The summed E-state index contributed by atoms with van der Waals surface area (Å²) in [6.07, 6.45) is 7.52. The molecule has 62 heavy (non-hydrogen) atoms. The Bertz CT molecular complexity index is 3210. The van der Waals surface area contributed by atoms with Gasteiger partial charge in [-0.15, -0.1) is 0 Å². The summed E-state index contributed by atoms with van der Waals surface area (Å²) in [5.41, 5.74) is 5.11. The second-order valence-electron chi connectivity index (χ2n) is 16.9. The molecular weight excluding hydrogens is 799 g/mol. The van der Waals surface area contributed by atoms with Gasteiger partial charge in [0.05, 0.1) is 35.3 Å². The Kier molecular flexibility index (Phi) is 8.65. The van der Waals surface area contributed by atoms with Gasteiger partial charge in [-0.3, -0.25) is 28.5 Å². The second kappa shape index (κ2) is 14.1. The van der Waals surface area contributed by atoms with Crippen LogP contribution in [0, 0.1) is 25.6 Å². The number of alkyl halides is 1. The van der Waals surface area contributed by atoms with Crippen LogP contribution in [0.2, 0.25) is 0 Å². The molecule has 1 saturated heterocycles. The lowest BCUT2D eigenvalue weighted by molar-refractivity contribution is 0.0721. The summed E-state index contributed by atoms with van der Waals surface area (Å²) in [7, 11) is 0. The number of amides is 1. The molecule has 2 N–H and O–H groups in total. The molecule has 0 radical (unpaired) electrons. The number of carbonyl (C=O) groups is 1. The van der Waals surface area contributed by atoms with E-state index in [1.54, 1.807) is 60.1 Å². The first-order valence-electron chi connectivity index (χ1n) is 20.8. The van der Waals surface area contributed by atoms with Crippen LogP contribution in [0.3, 0.4) is 0 Å². The van der Waals surface area contributed by atoms with E-state index in [1.165, 1.54) is 20.9 Å². The highest BCUT2D eigenvalue weighted by Gasteiger charge is 2.59. The normalized spacial score (nSPS) is 19.2. The Morgan fingerprint density at radius 3 is 2.52 bits per heavy atom. The van der Waals surface area contributed by atoms with Crippen LogP contribution >= 0.6 is 0 Å². The molecule has 0 unspecified atom stereocenters. The summed E-state index contributed by atoms with van der Waals surface area (Å²) >= 11 is 0. The molecule has 1 aliphatic carbocycles. The standard InChI is InChI=1S/C45H42F2N10O5/c1-24-16-30(17-25(2)39(24)47)57-40(55-13-12-54(44(55)60)37-7-5-34-32(22-48-50-34)31(37)21-46)33-23-53(11-8-35(33)51-57)41(58)38-19-29-18-28(27-9-14-61-15-10-27)4-6-36(29)56(38)45(20-26(45)3)42-49-43(59)62-52-42/h4-7,12-13,16-19,22,26-27H,8-11,14-15,20-21,23H2,1-3H3,(H,48,50)(H,49,52,59)/t26-,45-/m0/s1. The molecule has 3 aliphatic rings. The molecule has 1 saturated carbocycles. The number of fused-ring (bicyclic) bond motifs is 3. The fourth-order valence-corrected chi connectivity index (χ4v) is 10.00. The van der Waals surface area contributed by atoms with E-state index in [0.29, 0.717) is 106 Å². The third-order valence-electron chi connectivity index (χ3n) is 13.3. The van der Waals surface area contributed by atoms with Gasteiger partial charge < -0.3 is 14.2 Å². The van der Waals surface area contributed by atoms with Crippen LogP contribution < -0.4 is 11.4 Å². The SMILES string of the molecule is Cc1cc(-n2nc3c(c2-n2ccn(-c4ccc5[nH]ncc5c4CF)c2=O)CN(C(=O)c2cc4cc(C5CCOCC5)ccc4n2[C@@]2(c4noc(=O)[nH]4)C[C@@H]2C)CC3)cc(C)c1F.